The van der Waals surface area contributed by atoms with Gasteiger partial charge in [-0.2, -0.15) is 4.98 Å². The Morgan fingerprint density at radius 2 is 2.35 bits per heavy atom. The average molecular weight is 276 g/mol. The first-order chi connectivity index (χ1) is 9.83. The van der Waals surface area contributed by atoms with Crippen LogP contribution in [0.2, 0.25) is 0 Å². The Hall–Kier alpha value is -1.79. The van der Waals surface area contributed by atoms with Crippen molar-refractivity contribution in [2.24, 2.45) is 0 Å². The highest BCUT2D eigenvalue weighted by molar-refractivity contribution is 5.51. The third kappa shape index (κ3) is 4.11. The predicted molar refractivity (Wildman–Crippen MR) is 75.2 cm³/mol. The van der Waals surface area contributed by atoms with Crippen molar-refractivity contribution in [2.45, 2.75) is 25.8 Å². The maximum Gasteiger partial charge on any atom is 0.228 e. The van der Waals surface area contributed by atoms with Gasteiger partial charge in [0, 0.05) is 37.5 Å². The van der Waals surface area contributed by atoms with Gasteiger partial charge in [0.25, 0.3) is 0 Å². The molecular weight excluding hydrogens is 256 g/mol. The summed E-state index contributed by atoms with van der Waals surface area (Å²) in [7, 11) is 1.69. The van der Waals surface area contributed by atoms with Gasteiger partial charge >= 0.3 is 0 Å². The summed E-state index contributed by atoms with van der Waals surface area (Å²) in [6.07, 6.45) is 5.16. The van der Waals surface area contributed by atoms with E-state index in [1.54, 1.807) is 19.5 Å². The lowest BCUT2D eigenvalue weighted by atomic mass is 10.2. The molecule has 6 heteroatoms. The van der Waals surface area contributed by atoms with E-state index in [0.717, 1.165) is 18.5 Å². The smallest absolute Gasteiger partial charge is 0.228 e. The second-order valence-electron chi connectivity index (χ2n) is 4.56. The summed E-state index contributed by atoms with van der Waals surface area (Å²) >= 11 is 0. The maximum absolute atomic E-state index is 5.29. The Bertz CT molecular complexity index is 501. The summed E-state index contributed by atoms with van der Waals surface area (Å²) in [5, 5.41) is 7.39. The van der Waals surface area contributed by atoms with Crippen molar-refractivity contribution in [2.75, 3.05) is 20.3 Å². The molecule has 0 amide bonds. The predicted octanol–water partition coefficient (Wildman–Crippen LogP) is 1.69. The summed E-state index contributed by atoms with van der Waals surface area (Å²) in [4.78, 5) is 8.44. The molecule has 0 saturated carbocycles. The number of hydrogen-bond donors (Lipinski definition) is 1. The van der Waals surface area contributed by atoms with Crippen LogP contribution >= 0.6 is 0 Å². The van der Waals surface area contributed by atoms with Gasteiger partial charge in [0.1, 0.15) is 0 Å². The van der Waals surface area contributed by atoms with Crippen LogP contribution < -0.4 is 5.32 Å². The van der Waals surface area contributed by atoms with E-state index in [9.17, 15) is 0 Å². The maximum atomic E-state index is 5.29. The van der Waals surface area contributed by atoms with Gasteiger partial charge in [-0.3, -0.25) is 4.98 Å². The Kier molecular flexibility index (Phi) is 5.64. The third-order valence-electron chi connectivity index (χ3n) is 2.86. The van der Waals surface area contributed by atoms with Crippen molar-refractivity contribution in [3.8, 4) is 11.4 Å². The summed E-state index contributed by atoms with van der Waals surface area (Å²) in [6.45, 7) is 3.69. The molecule has 1 unspecified atom stereocenters. The van der Waals surface area contributed by atoms with E-state index in [1.165, 1.54) is 0 Å². The monoisotopic (exact) mass is 276 g/mol. The number of nitrogens with zero attached hydrogens (tertiary/aromatic N) is 3. The van der Waals surface area contributed by atoms with E-state index in [0.29, 0.717) is 24.7 Å². The molecule has 0 aliphatic carbocycles. The Morgan fingerprint density at radius 3 is 3.05 bits per heavy atom. The van der Waals surface area contributed by atoms with E-state index in [1.807, 2.05) is 12.1 Å². The van der Waals surface area contributed by atoms with Gasteiger partial charge in [-0.1, -0.05) is 12.1 Å². The number of hydrogen-bond acceptors (Lipinski definition) is 6. The number of pyridine rings is 1. The molecular formula is C14H20N4O2. The molecule has 0 aromatic carbocycles. The van der Waals surface area contributed by atoms with Gasteiger partial charge in [-0.05, 0) is 25.1 Å². The number of aromatic nitrogens is 3. The summed E-state index contributed by atoms with van der Waals surface area (Å²) in [5.74, 6) is 1.18. The first kappa shape index (κ1) is 14.6. The van der Waals surface area contributed by atoms with E-state index < -0.39 is 0 Å². The molecule has 1 atom stereocenters. The van der Waals surface area contributed by atoms with Crippen molar-refractivity contribution in [1.29, 1.82) is 0 Å². The molecule has 2 rings (SSSR count). The van der Waals surface area contributed by atoms with Gasteiger partial charge in [0.2, 0.25) is 11.7 Å². The van der Waals surface area contributed by atoms with Gasteiger partial charge in [-0.25, -0.2) is 0 Å². The fourth-order valence-electron chi connectivity index (χ4n) is 1.90. The van der Waals surface area contributed by atoms with Crippen LogP contribution in [0.4, 0.5) is 0 Å². The number of methoxy groups -OCH3 is 1. The molecule has 0 bridgehead atoms. The van der Waals surface area contributed by atoms with E-state index in [-0.39, 0.29) is 6.04 Å². The molecule has 2 aromatic heterocycles. The molecule has 0 aliphatic rings. The Balaban J connectivity index is 2.00. The summed E-state index contributed by atoms with van der Waals surface area (Å²) in [5.41, 5.74) is 0.854. The molecule has 0 aliphatic heterocycles. The lowest BCUT2D eigenvalue weighted by Gasteiger charge is -2.15. The van der Waals surface area contributed by atoms with Crippen LogP contribution in [0.15, 0.2) is 29.0 Å². The normalized spacial score (nSPS) is 12.5. The van der Waals surface area contributed by atoms with Crippen LogP contribution in [0.1, 0.15) is 19.2 Å². The van der Waals surface area contributed by atoms with Gasteiger partial charge in [0.15, 0.2) is 0 Å². The van der Waals surface area contributed by atoms with E-state index >= 15 is 0 Å². The molecule has 0 spiro atoms. The molecule has 108 valence electrons. The minimum atomic E-state index is 0.183. The Morgan fingerprint density at radius 1 is 1.45 bits per heavy atom. The molecule has 2 aromatic rings. The Labute approximate surface area is 118 Å². The van der Waals surface area contributed by atoms with E-state index in [2.05, 4.69) is 27.4 Å². The average Bonchev–Trinajstić information content (AvgIpc) is 2.94. The fourth-order valence-corrected chi connectivity index (χ4v) is 1.90. The SMILES string of the molecule is CCCNC(COC)Cc1nc(-c2cccnc2)no1. The third-order valence-corrected chi connectivity index (χ3v) is 2.86. The first-order valence-corrected chi connectivity index (χ1v) is 6.78. The zero-order chi connectivity index (χ0) is 14.2. The minimum Gasteiger partial charge on any atom is -0.383 e. The topological polar surface area (TPSA) is 73.1 Å². The summed E-state index contributed by atoms with van der Waals surface area (Å²) in [6, 6.07) is 3.94. The van der Waals surface area contributed by atoms with Gasteiger partial charge in [-0.15, -0.1) is 0 Å². The molecule has 2 heterocycles. The quantitative estimate of drug-likeness (QED) is 0.791. The van der Waals surface area contributed by atoms with Crippen molar-refractivity contribution in [3.05, 3.63) is 30.4 Å². The second kappa shape index (κ2) is 7.72. The lowest BCUT2D eigenvalue weighted by Crippen LogP contribution is -2.35. The molecule has 0 radical (unpaired) electrons. The standard InChI is InChI=1S/C14H20N4O2/c1-3-6-16-12(10-19-2)8-13-17-14(18-20-13)11-5-4-7-15-9-11/h4-5,7,9,12,16H,3,6,8,10H2,1-2H3. The van der Waals surface area contributed by atoms with Crippen LogP contribution in [0.3, 0.4) is 0 Å². The molecule has 6 nitrogen and oxygen atoms in total. The minimum absolute atomic E-state index is 0.183. The first-order valence-electron chi connectivity index (χ1n) is 6.78. The highest BCUT2D eigenvalue weighted by atomic mass is 16.5. The lowest BCUT2D eigenvalue weighted by molar-refractivity contribution is 0.161. The fraction of sp³-hybridized carbons (Fsp3) is 0.500. The van der Waals surface area contributed by atoms with Crippen molar-refractivity contribution < 1.29 is 9.26 Å². The largest absolute Gasteiger partial charge is 0.383 e. The van der Waals surface area contributed by atoms with Gasteiger partial charge < -0.3 is 14.6 Å². The van der Waals surface area contributed by atoms with Crippen LogP contribution in [0.5, 0.6) is 0 Å². The van der Waals surface area contributed by atoms with Crippen LogP contribution in [0, 0.1) is 0 Å². The van der Waals surface area contributed by atoms with Crippen molar-refractivity contribution in [3.63, 3.8) is 0 Å². The van der Waals surface area contributed by atoms with Crippen LogP contribution in [0.25, 0.3) is 11.4 Å². The summed E-state index contributed by atoms with van der Waals surface area (Å²) < 4.78 is 10.5. The second-order valence-corrected chi connectivity index (χ2v) is 4.56. The molecule has 1 N–H and O–H groups in total. The number of rotatable bonds is 8. The van der Waals surface area contributed by atoms with Crippen molar-refractivity contribution >= 4 is 0 Å². The zero-order valence-electron chi connectivity index (χ0n) is 11.9. The van der Waals surface area contributed by atoms with E-state index in [4.69, 9.17) is 9.26 Å². The number of nitrogens with one attached hydrogen (secondary N) is 1. The van der Waals surface area contributed by atoms with Crippen LogP contribution in [-0.4, -0.2) is 41.4 Å². The molecule has 0 saturated heterocycles. The van der Waals surface area contributed by atoms with Crippen LogP contribution in [-0.2, 0) is 11.2 Å². The van der Waals surface area contributed by atoms with Gasteiger partial charge in [0.05, 0.1) is 6.61 Å². The van der Waals surface area contributed by atoms with Crippen molar-refractivity contribution in [1.82, 2.24) is 20.4 Å². The number of ether oxygens (including phenoxy) is 1. The molecule has 20 heavy (non-hydrogen) atoms. The zero-order valence-corrected chi connectivity index (χ0v) is 11.9. The molecule has 0 fully saturated rings. The highest BCUT2D eigenvalue weighted by Crippen LogP contribution is 2.14. The highest BCUT2D eigenvalue weighted by Gasteiger charge is 2.14.